The Morgan fingerprint density at radius 3 is 2.56 bits per heavy atom. The van der Waals surface area contributed by atoms with Gasteiger partial charge in [-0.2, -0.15) is 4.31 Å². The van der Waals surface area contributed by atoms with E-state index in [1.807, 2.05) is 32.8 Å². The number of aromatic nitrogens is 1. The number of fused-ring (bicyclic) bond motifs is 1. The number of thiazole rings is 1. The zero-order valence-electron chi connectivity index (χ0n) is 19.8. The molecule has 2 aromatic carbocycles. The van der Waals surface area contributed by atoms with Crippen molar-refractivity contribution in [1.82, 2.24) is 14.2 Å². The van der Waals surface area contributed by atoms with Crippen LogP contribution in [-0.2, 0) is 14.8 Å². The summed E-state index contributed by atoms with van der Waals surface area (Å²) >= 11 is 1.45. The number of carbonyl (C=O) groups is 1. The predicted octanol–water partition coefficient (Wildman–Crippen LogP) is 3.80. The molecule has 1 unspecified atom stereocenters. The lowest BCUT2D eigenvalue weighted by Crippen LogP contribution is -2.49. The number of aryl methyl sites for hydroxylation is 2. The number of nitrogens with zero attached hydrogens (tertiary/aromatic N) is 4. The number of hydrogen-bond donors (Lipinski definition) is 0. The van der Waals surface area contributed by atoms with Gasteiger partial charge >= 0.3 is 0 Å². The van der Waals surface area contributed by atoms with Crippen LogP contribution in [0.15, 0.2) is 41.3 Å². The molecule has 10 heteroatoms. The number of likely N-dealkylation sites (N-methyl/N-ethyl adjacent to an activating group) is 1. The van der Waals surface area contributed by atoms with Crippen molar-refractivity contribution in [3.63, 3.8) is 0 Å². The van der Waals surface area contributed by atoms with Gasteiger partial charge in [0, 0.05) is 19.6 Å². The highest BCUT2D eigenvalue weighted by molar-refractivity contribution is 7.89. The maximum atomic E-state index is 13.8. The molecule has 1 amide bonds. The Balaban J connectivity index is 1.70. The van der Waals surface area contributed by atoms with Crippen LogP contribution in [0.2, 0.25) is 0 Å². The van der Waals surface area contributed by atoms with E-state index in [0.29, 0.717) is 31.1 Å². The van der Waals surface area contributed by atoms with E-state index in [1.54, 1.807) is 4.90 Å². The van der Waals surface area contributed by atoms with Crippen LogP contribution >= 0.6 is 11.3 Å². The first-order valence-electron chi connectivity index (χ1n) is 11.2. The summed E-state index contributed by atoms with van der Waals surface area (Å²) in [6, 6.07) is 8.01. The van der Waals surface area contributed by atoms with Gasteiger partial charge in [0.15, 0.2) is 5.13 Å². The van der Waals surface area contributed by atoms with Gasteiger partial charge in [0.2, 0.25) is 15.9 Å². The highest BCUT2D eigenvalue weighted by Crippen LogP contribution is 2.34. The minimum absolute atomic E-state index is 0.0143. The standard InChI is InChI=1S/C24H29FN4O3S2/c1-16-14-17(2)22-21(15-16)33-24(26-22)28(13-12-27(3)4)23(30)20-6-5-11-29(20)34(31,32)19-9-7-18(25)8-10-19/h7-10,14-15,20H,5-6,11-13H2,1-4H3. The molecule has 182 valence electrons. The van der Waals surface area contributed by atoms with Crippen LogP contribution in [0, 0.1) is 19.7 Å². The molecule has 1 aliphatic rings. The summed E-state index contributed by atoms with van der Waals surface area (Å²) in [5.41, 5.74) is 3.02. The van der Waals surface area contributed by atoms with Crippen molar-refractivity contribution in [2.75, 3.05) is 38.6 Å². The molecular formula is C24H29FN4O3S2. The Morgan fingerprint density at radius 1 is 1.18 bits per heavy atom. The number of amides is 1. The molecule has 1 fully saturated rings. The van der Waals surface area contributed by atoms with Crippen molar-refractivity contribution in [2.45, 2.75) is 37.6 Å². The molecule has 0 saturated carbocycles. The van der Waals surface area contributed by atoms with Gasteiger partial charge in [0.1, 0.15) is 11.9 Å². The summed E-state index contributed by atoms with van der Waals surface area (Å²) < 4.78 is 42.3. The average Bonchev–Trinajstić information content (AvgIpc) is 3.42. The first kappa shape index (κ1) is 24.7. The number of halogens is 1. The first-order valence-corrected chi connectivity index (χ1v) is 13.4. The molecule has 0 bridgehead atoms. The van der Waals surface area contributed by atoms with Gasteiger partial charge in [0.25, 0.3) is 0 Å². The molecule has 1 atom stereocenters. The van der Waals surface area contributed by atoms with Gasteiger partial charge < -0.3 is 4.90 Å². The number of sulfonamides is 1. The van der Waals surface area contributed by atoms with Gasteiger partial charge in [-0.05, 0) is 82.2 Å². The van der Waals surface area contributed by atoms with Crippen LogP contribution in [0.3, 0.4) is 0 Å². The number of hydrogen-bond acceptors (Lipinski definition) is 6. The fourth-order valence-corrected chi connectivity index (χ4v) is 7.10. The lowest BCUT2D eigenvalue weighted by molar-refractivity contribution is -0.121. The summed E-state index contributed by atoms with van der Waals surface area (Å²) in [4.78, 5) is 22.2. The van der Waals surface area contributed by atoms with Crippen molar-refractivity contribution in [1.29, 1.82) is 0 Å². The molecule has 4 rings (SSSR count). The number of rotatable bonds is 7. The molecule has 1 aromatic heterocycles. The maximum absolute atomic E-state index is 13.8. The molecule has 1 saturated heterocycles. The Labute approximate surface area is 203 Å². The molecule has 34 heavy (non-hydrogen) atoms. The van der Waals surface area contributed by atoms with Crippen molar-refractivity contribution in [3.05, 3.63) is 53.3 Å². The molecule has 2 heterocycles. The van der Waals surface area contributed by atoms with Gasteiger partial charge in [-0.3, -0.25) is 9.69 Å². The van der Waals surface area contributed by atoms with Crippen LogP contribution in [0.1, 0.15) is 24.0 Å². The number of anilines is 1. The lowest BCUT2D eigenvalue weighted by Gasteiger charge is -2.29. The molecule has 1 aliphatic heterocycles. The van der Waals surface area contributed by atoms with E-state index in [1.165, 1.54) is 27.8 Å². The summed E-state index contributed by atoms with van der Waals surface area (Å²) in [5.74, 6) is -0.789. The largest absolute Gasteiger partial charge is 0.308 e. The summed E-state index contributed by atoms with van der Waals surface area (Å²) in [6.07, 6.45) is 1.01. The van der Waals surface area contributed by atoms with E-state index in [-0.39, 0.29) is 17.3 Å². The van der Waals surface area contributed by atoms with Crippen molar-refractivity contribution in [2.24, 2.45) is 0 Å². The summed E-state index contributed by atoms with van der Waals surface area (Å²) in [7, 11) is -0.0899. The van der Waals surface area contributed by atoms with Crippen molar-refractivity contribution in [3.8, 4) is 0 Å². The van der Waals surface area contributed by atoms with Crippen molar-refractivity contribution < 1.29 is 17.6 Å². The second-order valence-electron chi connectivity index (χ2n) is 8.95. The Kier molecular flexibility index (Phi) is 7.04. The number of carbonyl (C=O) groups excluding carboxylic acids is 1. The van der Waals surface area contributed by atoms with E-state index < -0.39 is 21.9 Å². The third kappa shape index (κ3) is 4.86. The highest BCUT2D eigenvalue weighted by atomic mass is 32.2. The molecule has 0 N–H and O–H groups in total. The second-order valence-corrected chi connectivity index (χ2v) is 11.8. The minimum atomic E-state index is -3.94. The van der Waals surface area contributed by atoms with Crippen LogP contribution < -0.4 is 4.90 Å². The fraction of sp³-hybridized carbons (Fsp3) is 0.417. The summed E-state index contributed by atoms with van der Waals surface area (Å²) in [6.45, 7) is 5.27. The molecule has 3 aromatic rings. The Morgan fingerprint density at radius 2 is 1.88 bits per heavy atom. The highest BCUT2D eigenvalue weighted by Gasteiger charge is 2.42. The van der Waals surface area contributed by atoms with Crippen molar-refractivity contribution >= 4 is 42.6 Å². The monoisotopic (exact) mass is 504 g/mol. The SMILES string of the molecule is Cc1cc(C)c2nc(N(CCN(C)C)C(=O)C3CCCN3S(=O)(=O)c3ccc(F)cc3)sc2c1. The predicted molar refractivity (Wildman–Crippen MR) is 133 cm³/mol. The van der Waals surface area contributed by atoms with Crippen LogP contribution in [-0.4, -0.2) is 68.3 Å². The summed E-state index contributed by atoms with van der Waals surface area (Å²) in [5, 5.41) is 0.571. The van der Waals surface area contributed by atoms with Gasteiger partial charge in [-0.25, -0.2) is 17.8 Å². The topological polar surface area (TPSA) is 73.8 Å². The van der Waals surface area contributed by atoms with Gasteiger partial charge in [-0.1, -0.05) is 17.4 Å². The molecule has 0 aliphatic carbocycles. The quantitative estimate of drug-likeness (QED) is 0.489. The zero-order chi connectivity index (χ0) is 24.6. The minimum Gasteiger partial charge on any atom is -0.308 e. The Hall–Kier alpha value is -2.40. The van der Waals surface area contributed by atoms with Crippen LogP contribution in [0.25, 0.3) is 10.2 Å². The normalized spacial score (nSPS) is 17.1. The average molecular weight is 505 g/mol. The van der Waals surface area contributed by atoms with Gasteiger partial charge in [-0.15, -0.1) is 0 Å². The lowest BCUT2D eigenvalue weighted by atomic mass is 10.1. The zero-order valence-corrected chi connectivity index (χ0v) is 21.4. The second kappa shape index (κ2) is 9.69. The van der Waals surface area contributed by atoms with E-state index in [0.717, 1.165) is 33.5 Å². The van der Waals surface area contributed by atoms with E-state index >= 15 is 0 Å². The smallest absolute Gasteiger partial charge is 0.247 e. The molecule has 7 nitrogen and oxygen atoms in total. The molecule has 0 radical (unpaired) electrons. The maximum Gasteiger partial charge on any atom is 0.247 e. The molecule has 0 spiro atoms. The van der Waals surface area contributed by atoms with E-state index in [9.17, 15) is 17.6 Å². The van der Waals surface area contributed by atoms with Crippen LogP contribution in [0.5, 0.6) is 0 Å². The van der Waals surface area contributed by atoms with Crippen LogP contribution in [0.4, 0.5) is 9.52 Å². The molecular weight excluding hydrogens is 475 g/mol. The third-order valence-electron chi connectivity index (χ3n) is 6.00. The fourth-order valence-electron chi connectivity index (χ4n) is 4.27. The third-order valence-corrected chi connectivity index (χ3v) is 8.94. The van der Waals surface area contributed by atoms with Gasteiger partial charge in [0.05, 0.1) is 15.1 Å². The van der Waals surface area contributed by atoms with E-state index in [4.69, 9.17) is 4.98 Å². The number of benzene rings is 2. The first-order chi connectivity index (χ1) is 16.1. The Bertz CT molecular complexity index is 1310. The van der Waals surface area contributed by atoms with E-state index in [2.05, 4.69) is 12.1 Å².